The monoisotopic (exact) mass is 323 g/mol. The molecule has 3 nitrogen and oxygen atoms in total. The van der Waals surface area contributed by atoms with Crippen LogP contribution in [0.3, 0.4) is 0 Å². The van der Waals surface area contributed by atoms with Gasteiger partial charge in [-0.15, -0.1) is 0 Å². The van der Waals surface area contributed by atoms with Crippen molar-refractivity contribution in [3.63, 3.8) is 0 Å². The minimum Gasteiger partial charge on any atom is -0.381 e. The molecular formula is C21H25NO2. The Morgan fingerprint density at radius 1 is 1.04 bits per heavy atom. The van der Waals surface area contributed by atoms with Crippen LogP contribution >= 0.6 is 0 Å². The van der Waals surface area contributed by atoms with E-state index in [0.717, 1.165) is 24.0 Å². The van der Waals surface area contributed by atoms with Crippen molar-refractivity contribution in [2.45, 2.75) is 38.6 Å². The highest BCUT2D eigenvalue weighted by molar-refractivity contribution is 5.88. The first kappa shape index (κ1) is 16.7. The molecule has 1 N–H and O–H groups in total. The normalized spacial score (nSPS) is 16.6. The highest BCUT2D eigenvalue weighted by Crippen LogP contribution is 2.35. The van der Waals surface area contributed by atoms with E-state index in [1.54, 1.807) is 0 Å². The first-order valence-corrected chi connectivity index (χ1v) is 8.59. The lowest BCUT2D eigenvalue weighted by atomic mass is 9.73. The maximum absolute atomic E-state index is 13.1. The van der Waals surface area contributed by atoms with Crippen LogP contribution in [0.5, 0.6) is 0 Å². The molecular weight excluding hydrogens is 298 g/mol. The van der Waals surface area contributed by atoms with Crippen molar-refractivity contribution in [3.8, 4) is 0 Å². The molecule has 0 unspecified atom stereocenters. The maximum atomic E-state index is 13.1. The quantitative estimate of drug-likeness (QED) is 0.932. The largest absolute Gasteiger partial charge is 0.381 e. The molecule has 1 saturated heterocycles. The average molecular weight is 323 g/mol. The van der Waals surface area contributed by atoms with E-state index in [2.05, 4.69) is 61.6 Å². The van der Waals surface area contributed by atoms with Gasteiger partial charge in [0.15, 0.2) is 0 Å². The fourth-order valence-corrected chi connectivity index (χ4v) is 3.41. The third kappa shape index (κ3) is 3.51. The summed E-state index contributed by atoms with van der Waals surface area (Å²) in [5, 5.41) is 3.16. The summed E-state index contributed by atoms with van der Waals surface area (Å²) in [6.45, 7) is 5.96. The molecule has 0 bridgehead atoms. The number of amides is 1. The minimum atomic E-state index is -0.476. The summed E-state index contributed by atoms with van der Waals surface area (Å²) < 4.78 is 5.52. The summed E-state index contributed by atoms with van der Waals surface area (Å²) in [6, 6.07) is 16.6. The predicted octanol–water partition coefficient (Wildman–Crippen LogP) is 3.67. The van der Waals surface area contributed by atoms with Crippen LogP contribution in [-0.4, -0.2) is 19.1 Å². The van der Waals surface area contributed by atoms with E-state index in [1.165, 1.54) is 11.1 Å². The summed E-state index contributed by atoms with van der Waals surface area (Å²) >= 11 is 0. The van der Waals surface area contributed by atoms with Crippen LogP contribution in [0.2, 0.25) is 0 Å². The Labute approximate surface area is 144 Å². The molecule has 2 aromatic carbocycles. The van der Waals surface area contributed by atoms with Crippen LogP contribution < -0.4 is 5.32 Å². The Hall–Kier alpha value is -2.13. The van der Waals surface area contributed by atoms with Crippen LogP contribution in [0.25, 0.3) is 0 Å². The number of nitrogens with one attached hydrogen (secondary N) is 1. The summed E-state index contributed by atoms with van der Waals surface area (Å²) in [5.41, 5.74) is 4.17. The zero-order valence-corrected chi connectivity index (χ0v) is 14.5. The van der Waals surface area contributed by atoms with Gasteiger partial charge >= 0.3 is 0 Å². The molecule has 2 aromatic rings. The standard InChI is InChI=1S/C21H25NO2/c1-16-6-8-19(9-7-16)21(10-12-24-13-11-21)20(23)22-15-18-5-3-4-17(2)14-18/h3-9,14H,10-13,15H2,1-2H3,(H,22,23). The molecule has 0 atom stereocenters. The number of benzene rings is 2. The Morgan fingerprint density at radius 2 is 1.75 bits per heavy atom. The molecule has 3 heteroatoms. The molecule has 3 rings (SSSR count). The molecule has 1 aliphatic heterocycles. The van der Waals surface area contributed by atoms with Gasteiger partial charge in [0, 0.05) is 19.8 Å². The first-order chi connectivity index (χ1) is 11.6. The molecule has 0 saturated carbocycles. The van der Waals surface area contributed by atoms with Crippen molar-refractivity contribution in [2.24, 2.45) is 0 Å². The lowest BCUT2D eigenvalue weighted by Crippen LogP contribution is -2.47. The van der Waals surface area contributed by atoms with Crippen molar-refractivity contribution in [2.75, 3.05) is 13.2 Å². The van der Waals surface area contributed by atoms with E-state index in [4.69, 9.17) is 4.74 Å². The molecule has 126 valence electrons. The number of hydrogen-bond acceptors (Lipinski definition) is 2. The van der Waals surface area contributed by atoms with E-state index in [1.807, 2.05) is 6.07 Å². The highest BCUT2D eigenvalue weighted by atomic mass is 16.5. The number of carbonyl (C=O) groups is 1. The molecule has 1 fully saturated rings. The smallest absolute Gasteiger partial charge is 0.231 e. The summed E-state index contributed by atoms with van der Waals surface area (Å²) in [7, 11) is 0. The van der Waals surface area contributed by atoms with Crippen molar-refractivity contribution in [1.29, 1.82) is 0 Å². The van der Waals surface area contributed by atoms with Gasteiger partial charge in [0.2, 0.25) is 5.91 Å². The van der Waals surface area contributed by atoms with Crippen LogP contribution in [-0.2, 0) is 21.5 Å². The lowest BCUT2D eigenvalue weighted by molar-refractivity contribution is -0.130. The summed E-state index contributed by atoms with van der Waals surface area (Å²) in [6.07, 6.45) is 1.46. The highest BCUT2D eigenvalue weighted by Gasteiger charge is 2.41. The zero-order valence-electron chi connectivity index (χ0n) is 14.5. The Morgan fingerprint density at radius 3 is 2.42 bits per heavy atom. The molecule has 0 radical (unpaired) electrons. The van der Waals surface area contributed by atoms with Gasteiger partial charge in [-0.05, 0) is 37.8 Å². The second kappa shape index (κ2) is 7.18. The zero-order chi connectivity index (χ0) is 17.0. The SMILES string of the molecule is Cc1ccc(C2(C(=O)NCc3cccc(C)c3)CCOCC2)cc1. The van der Waals surface area contributed by atoms with Crippen LogP contribution in [0, 0.1) is 13.8 Å². The van der Waals surface area contributed by atoms with E-state index in [0.29, 0.717) is 19.8 Å². The van der Waals surface area contributed by atoms with Gasteiger partial charge in [0.1, 0.15) is 0 Å². The molecule has 1 heterocycles. The Bertz CT molecular complexity index is 700. The van der Waals surface area contributed by atoms with Gasteiger partial charge in [-0.2, -0.15) is 0 Å². The Kier molecular flexibility index (Phi) is 5.00. The number of carbonyl (C=O) groups excluding carboxylic acids is 1. The molecule has 0 spiro atoms. The lowest BCUT2D eigenvalue weighted by Gasteiger charge is -2.36. The molecule has 0 aromatic heterocycles. The molecule has 0 aliphatic carbocycles. The van der Waals surface area contributed by atoms with E-state index < -0.39 is 5.41 Å². The Balaban J connectivity index is 1.80. The predicted molar refractivity (Wildman–Crippen MR) is 95.9 cm³/mol. The number of aryl methyl sites for hydroxylation is 2. The van der Waals surface area contributed by atoms with Crippen molar-refractivity contribution >= 4 is 5.91 Å². The van der Waals surface area contributed by atoms with Gasteiger partial charge in [0.25, 0.3) is 0 Å². The molecule has 1 aliphatic rings. The molecule has 24 heavy (non-hydrogen) atoms. The number of hydrogen-bond donors (Lipinski definition) is 1. The van der Waals surface area contributed by atoms with Crippen molar-refractivity contribution in [1.82, 2.24) is 5.32 Å². The van der Waals surface area contributed by atoms with Gasteiger partial charge in [0.05, 0.1) is 5.41 Å². The van der Waals surface area contributed by atoms with E-state index in [-0.39, 0.29) is 5.91 Å². The van der Waals surface area contributed by atoms with Crippen molar-refractivity contribution < 1.29 is 9.53 Å². The van der Waals surface area contributed by atoms with Gasteiger partial charge in [-0.25, -0.2) is 0 Å². The molecule has 1 amide bonds. The number of rotatable bonds is 4. The number of ether oxygens (including phenoxy) is 1. The second-order valence-electron chi connectivity index (χ2n) is 6.73. The van der Waals surface area contributed by atoms with Gasteiger partial charge in [-0.1, -0.05) is 59.7 Å². The maximum Gasteiger partial charge on any atom is 0.231 e. The van der Waals surface area contributed by atoms with Gasteiger partial charge < -0.3 is 10.1 Å². The van der Waals surface area contributed by atoms with Crippen molar-refractivity contribution in [3.05, 3.63) is 70.8 Å². The van der Waals surface area contributed by atoms with Crippen LogP contribution in [0.4, 0.5) is 0 Å². The summed E-state index contributed by atoms with van der Waals surface area (Å²) in [4.78, 5) is 13.1. The average Bonchev–Trinajstić information content (AvgIpc) is 2.61. The van der Waals surface area contributed by atoms with Crippen LogP contribution in [0.1, 0.15) is 35.1 Å². The third-order valence-electron chi connectivity index (χ3n) is 4.92. The van der Waals surface area contributed by atoms with Crippen LogP contribution in [0.15, 0.2) is 48.5 Å². The topological polar surface area (TPSA) is 38.3 Å². The second-order valence-corrected chi connectivity index (χ2v) is 6.73. The summed E-state index contributed by atoms with van der Waals surface area (Å²) in [5.74, 6) is 0.108. The minimum absolute atomic E-state index is 0.108. The van der Waals surface area contributed by atoms with E-state index >= 15 is 0 Å². The van der Waals surface area contributed by atoms with Gasteiger partial charge in [-0.3, -0.25) is 4.79 Å². The fraction of sp³-hybridized carbons (Fsp3) is 0.381. The third-order valence-corrected chi connectivity index (χ3v) is 4.92. The fourth-order valence-electron chi connectivity index (χ4n) is 3.41. The van der Waals surface area contributed by atoms with E-state index in [9.17, 15) is 4.79 Å². The first-order valence-electron chi connectivity index (χ1n) is 8.59.